The van der Waals surface area contributed by atoms with E-state index >= 15 is 0 Å². The zero-order chi connectivity index (χ0) is 20.1. The van der Waals surface area contributed by atoms with Gasteiger partial charge in [-0.2, -0.15) is 20.3 Å². The van der Waals surface area contributed by atoms with Gasteiger partial charge in [0.25, 0.3) is 5.56 Å². The van der Waals surface area contributed by atoms with E-state index in [9.17, 15) is 15.3 Å². The third-order valence-electron chi connectivity index (χ3n) is 4.19. The lowest BCUT2D eigenvalue weighted by molar-refractivity contribution is 0.415. The third kappa shape index (κ3) is 3.67. The predicted octanol–water partition coefficient (Wildman–Crippen LogP) is 3.46. The Labute approximate surface area is 162 Å². The Morgan fingerprint density at radius 1 is 1.00 bits per heavy atom. The number of aryl methyl sites for hydroxylation is 1. The quantitative estimate of drug-likeness (QED) is 0.703. The molecule has 0 aliphatic carbocycles. The van der Waals surface area contributed by atoms with Crippen LogP contribution in [0.4, 0.5) is 0 Å². The maximum absolute atomic E-state index is 12.8. The Hall–Kier alpha value is -4.16. The fraction of sp³-hybridized carbons (Fsp3) is 0.0909. The summed E-state index contributed by atoms with van der Waals surface area (Å²) in [5.41, 5.74) is 1.86. The molecule has 0 fully saturated rings. The van der Waals surface area contributed by atoms with E-state index in [2.05, 4.69) is 5.10 Å². The van der Waals surface area contributed by atoms with Gasteiger partial charge in [0.05, 0.1) is 12.8 Å². The van der Waals surface area contributed by atoms with Crippen LogP contribution in [0.25, 0.3) is 17.8 Å². The number of rotatable bonds is 4. The zero-order valence-corrected chi connectivity index (χ0v) is 15.4. The maximum atomic E-state index is 12.8. The topological polar surface area (TPSA) is 91.7 Å². The third-order valence-corrected chi connectivity index (χ3v) is 4.19. The first-order chi connectivity index (χ1) is 13.6. The van der Waals surface area contributed by atoms with Crippen LogP contribution in [-0.2, 0) is 0 Å². The monoisotopic (exact) mass is 368 g/mol. The van der Waals surface area contributed by atoms with Crippen LogP contribution in [0.5, 0.6) is 5.75 Å². The summed E-state index contributed by atoms with van der Waals surface area (Å²) in [7, 11) is 1.58. The lowest BCUT2D eigenvalue weighted by Crippen LogP contribution is -2.26. The van der Waals surface area contributed by atoms with Crippen molar-refractivity contribution < 1.29 is 4.74 Å². The van der Waals surface area contributed by atoms with E-state index in [0.29, 0.717) is 5.69 Å². The summed E-state index contributed by atoms with van der Waals surface area (Å²) in [5, 5.41) is 23.2. The van der Waals surface area contributed by atoms with Crippen molar-refractivity contribution in [2.45, 2.75) is 6.92 Å². The number of benzene rings is 2. The second-order valence-corrected chi connectivity index (χ2v) is 6.02. The highest BCUT2D eigenvalue weighted by Crippen LogP contribution is 2.17. The molecule has 3 rings (SSSR count). The van der Waals surface area contributed by atoms with E-state index in [1.165, 1.54) is 0 Å². The van der Waals surface area contributed by atoms with Gasteiger partial charge in [-0.15, -0.1) is 0 Å². The molecule has 0 aliphatic rings. The van der Waals surface area contributed by atoms with Gasteiger partial charge in [0.1, 0.15) is 23.5 Å². The number of hydrogen-bond donors (Lipinski definition) is 0. The molecule has 1 aromatic heterocycles. The van der Waals surface area contributed by atoms with Crippen molar-refractivity contribution in [3.05, 3.63) is 86.8 Å². The minimum Gasteiger partial charge on any atom is -0.497 e. The average molecular weight is 368 g/mol. The van der Waals surface area contributed by atoms with Crippen LogP contribution in [0, 0.1) is 29.6 Å². The average Bonchev–Trinajstić information content (AvgIpc) is 2.73. The number of hydrogen-bond acceptors (Lipinski definition) is 5. The van der Waals surface area contributed by atoms with Gasteiger partial charge in [-0.1, -0.05) is 35.9 Å². The summed E-state index contributed by atoms with van der Waals surface area (Å²) in [6.07, 6.45) is 3.28. The van der Waals surface area contributed by atoms with Gasteiger partial charge >= 0.3 is 0 Å². The molecule has 6 heteroatoms. The summed E-state index contributed by atoms with van der Waals surface area (Å²) in [6.45, 7) is 1.93. The Kier molecular flexibility index (Phi) is 5.34. The number of nitriles is 2. The van der Waals surface area contributed by atoms with E-state index in [0.717, 1.165) is 21.6 Å². The number of nitrogens with zero attached hydrogens (tertiary/aromatic N) is 4. The van der Waals surface area contributed by atoms with Gasteiger partial charge in [-0.05, 0) is 42.8 Å². The number of methoxy groups -OCH3 is 1. The minimum atomic E-state index is -0.570. The van der Waals surface area contributed by atoms with Gasteiger partial charge in [-0.3, -0.25) is 4.79 Å². The van der Waals surface area contributed by atoms with Gasteiger partial charge in [0.15, 0.2) is 5.69 Å². The van der Waals surface area contributed by atoms with E-state index in [-0.39, 0.29) is 16.8 Å². The summed E-state index contributed by atoms with van der Waals surface area (Å²) >= 11 is 0. The fourth-order valence-corrected chi connectivity index (χ4v) is 2.65. The first kappa shape index (κ1) is 18.6. The zero-order valence-electron chi connectivity index (χ0n) is 15.4. The molecular formula is C22H16N4O2. The molecule has 0 unspecified atom stereocenters. The molecule has 0 N–H and O–H groups in total. The minimum absolute atomic E-state index is 0.00138. The van der Waals surface area contributed by atoms with Crippen molar-refractivity contribution >= 4 is 12.2 Å². The van der Waals surface area contributed by atoms with Gasteiger partial charge in [-0.25, -0.2) is 0 Å². The highest BCUT2D eigenvalue weighted by Gasteiger charge is 2.16. The van der Waals surface area contributed by atoms with Crippen molar-refractivity contribution in [1.82, 2.24) is 9.78 Å². The predicted molar refractivity (Wildman–Crippen MR) is 106 cm³/mol. The van der Waals surface area contributed by atoms with Crippen LogP contribution in [0.3, 0.4) is 0 Å². The van der Waals surface area contributed by atoms with Crippen LogP contribution >= 0.6 is 0 Å². The van der Waals surface area contributed by atoms with Gasteiger partial charge in [0, 0.05) is 5.56 Å². The maximum Gasteiger partial charge on any atom is 0.290 e. The molecular weight excluding hydrogens is 352 g/mol. The molecule has 1 heterocycles. The lowest BCUT2D eigenvalue weighted by atomic mass is 10.1. The Bertz CT molecular complexity index is 1180. The molecule has 0 saturated carbocycles. The largest absolute Gasteiger partial charge is 0.497 e. The summed E-state index contributed by atoms with van der Waals surface area (Å²) in [6, 6.07) is 18.3. The van der Waals surface area contributed by atoms with Gasteiger partial charge in [0.2, 0.25) is 0 Å². The molecule has 3 aromatic rings. The van der Waals surface area contributed by atoms with Crippen LogP contribution in [-0.4, -0.2) is 16.9 Å². The molecule has 28 heavy (non-hydrogen) atoms. The molecule has 0 amide bonds. The van der Waals surface area contributed by atoms with Crippen LogP contribution in [0.15, 0.2) is 53.3 Å². The van der Waals surface area contributed by atoms with Crippen molar-refractivity contribution in [2.75, 3.05) is 7.11 Å². The molecule has 0 saturated heterocycles. The molecule has 6 nitrogen and oxygen atoms in total. The number of aromatic nitrogens is 2. The summed E-state index contributed by atoms with van der Waals surface area (Å²) < 4.78 is 6.20. The smallest absolute Gasteiger partial charge is 0.290 e. The normalized spacial score (nSPS) is 10.4. The lowest BCUT2D eigenvalue weighted by Gasteiger charge is -2.08. The van der Waals surface area contributed by atoms with Crippen LogP contribution in [0.1, 0.15) is 27.9 Å². The van der Waals surface area contributed by atoms with E-state index in [1.54, 1.807) is 43.5 Å². The van der Waals surface area contributed by atoms with Crippen molar-refractivity contribution in [3.63, 3.8) is 0 Å². The standard InChI is InChI=1S/C22H16N4O2/c1-15-3-8-17(9-4-15)26-22(27)20(13-23)19(21(14-24)25-26)12-7-16-5-10-18(28-2)11-6-16/h3-12H,1-2H3/b12-7+. The Morgan fingerprint density at radius 3 is 2.25 bits per heavy atom. The Morgan fingerprint density at radius 2 is 1.68 bits per heavy atom. The SMILES string of the molecule is COc1ccc(/C=C/c2c(C#N)nn(-c3ccc(C)cc3)c(=O)c2C#N)cc1. The molecule has 0 spiro atoms. The van der Waals surface area contributed by atoms with E-state index < -0.39 is 5.56 Å². The second kappa shape index (κ2) is 8.03. The van der Waals surface area contributed by atoms with Crippen LogP contribution < -0.4 is 10.3 Å². The van der Waals surface area contributed by atoms with E-state index in [1.807, 2.05) is 43.3 Å². The molecule has 0 radical (unpaired) electrons. The molecule has 0 bridgehead atoms. The van der Waals surface area contributed by atoms with Gasteiger partial charge < -0.3 is 4.74 Å². The number of ether oxygens (including phenoxy) is 1. The Balaban J connectivity index is 2.11. The molecule has 0 atom stereocenters. The van der Waals surface area contributed by atoms with Crippen LogP contribution in [0.2, 0.25) is 0 Å². The van der Waals surface area contributed by atoms with Crippen molar-refractivity contribution in [2.24, 2.45) is 0 Å². The first-order valence-electron chi connectivity index (χ1n) is 8.44. The first-order valence-corrected chi connectivity index (χ1v) is 8.44. The van der Waals surface area contributed by atoms with Crippen molar-refractivity contribution in [1.29, 1.82) is 10.5 Å². The summed E-state index contributed by atoms with van der Waals surface area (Å²) in [5.74, 6) is 0.718. The molecule has 2 aromatic carbocycles. The molecule has 0 aliphatic heterocycles. The fourth-order valence-electron chi connectivity index (χ4n) is 2.65. The highest BCUT2D eigenvalue weighted by molar-refractivity contribution is 5.74. The summed E-state index contributed by atoms with van der Waals surface area (Å²) in [4.78, 5) is 12.8. The molecule has 136 valence electrons. The van der Waals surface area contributed by atoms with E-state index in [4.69, 9.17) is 4.74 Å². The second-order valence-electron chi connectivity index (χ2n) is 6.02. The highest BCUT2D eigenvalue weighted by atomic mass is 16.5. The van der Waals surface area contributed by atoms with Crippen molar-refractivity contribution in [3.8, 4) is 23.6 Å².